The van der Waals surface area contributed by atoms with Crippen molar-refractivity contribution >= 4 is 17.2 Å². The highest BCUT2D eigenvalue weighted by molar-refractivity contribution is 7.14. The summed E-state index contributed by atoms with van der Waals surface area (Å²) in [6.07, 6.45) is 6.24. The van der Waals surface area contributed by atoms with Crippen LogP contribution in [0.25, 0.3) is 11.3 Å². The smallest absolute Gasteiger partial charge is 0.259 e. The number of amides is 1. The Morgan fingerprint density at radius 1 is 1.28 bits per heavy atom. The molecule has 2 heterocycles. The molecule has 0 bridgehead atoms. The van der Waals surface area contributed by atoms with E-state index in [4.69, 9.17) is 5.73 Å². The van der Waals surface area contributed by atoms with Crippen molar-refractivity contribution < 1.29 is 4.79 Å². The number of carbonyl (C=O) groups excluding carboxylic acids is 1. The van der Waals surface area contributed by atoms with Crippen LogP contribution in [0.2, 0.25) is 0 Å². The Kier molecular flexibility index (Phi) is 2.88. The summed E-state index contributed by atoms with van der Waals surface area (Å²) < 4.78 is 0. The van der Waals surface area contributed by atoms with Gasteiger partial charge in [0.25, 0.3) is 5.91 Å². The fourth-order valence-corrected chi connectivity index (χ4v) is 3.77. The minimum Gasteiger partial charge on any atom is -0.365 e. The van der Waals surface area contributed by atoms with Gasteiger partial charge in [-0.3, -0.25) is 9.78 Å². The summed E-state index contributed by atoms with van der Waals surface area (Å²) in [5.74, 6) is -0.338. The molecule has 1 amide bonds. The Bertz CT molecular complexity index is 589. The molecule has 0 spiro atoms. The van der Waals surface area contributed by atoms with E-state index in [1.807, 2.05) is 18.2 Å². The molecule has 0 atom stereocenters. The van der Waals surface area contributed by atoms with E-state index in [0.717, 1.165) is 24.1 Å². The highest BCUT2D eigenvalue weighted by Gasteiger charge is 2.24. The summed E-state index contributed by atoms with van der Waals surface area (Å²) in [5.41, 5.74) is 8.64. The van der Waals surface area contributed by atoms with Gasteiger partial charge in [0.1, 0.15) is 4.88 Å². The van der Waals surface area contributed by atoms with Crippen molar-refractivity contribution in [1.82, 2.24) is 4.98 Å². The summed E-state index contributed by atoms with van der Waals surface area (Å²) in [7, 11) is 0. The lowest BCUT2D eigenvalue weighted by molar-refractivity contribution is 0.100. The Morgan fingerprint density at radius 3 is 2.83 bits per heavy atom. The first-order valence-corrected chi connectivity index (χ1v) is 6.95. The van der Waals surface area contributed by atoms with Crippen LogP contribution in [0.3, 0.4) is 0 Å². The molecular formula is C14H14N2OS. The number of aryl methyl sites for hydroxylation is 1. The van der Waals surface area contributed by atoms with Crippen molar-refractivity contribution in [2.24, 2.45) is 5.73 Å². The van der Waals surface area contributed by atoms with Gasteiger partial charge >= 0.3 is 0 Å². The topological polar surface area (TPSA) is 56.0 Å². The Hall–Kier alpha value is -1.68. The first kappa shape index (κ1) is 11.4. The Labute approximate surface area is 110 Å². The van der Waals surface area contributed by atoms with Gasteiger partial charge in [-0.2, -0.15) is 0 Å². The molecule has 3 rings (SSSR count). The van der Waals surface area contributed by atoms with Crippen LogP contribution in [0.1, 0.15) is 33.0 Å². The van der Waals surface area contributed by atoms with Crippen molar-refractivity contribution in [3.05, 3.63) is 39.7 Å². The number of pyridine rings is 1. The zero-order valence-corrected chi connectivity index (χ0v) is 10.8. The second kappa shape index (κ2) is 4.53. The van der Waals surface area contributed by atoms with E-state index in [0.29, 0.717) is 4.88 Å². The van der Waals surface area contributed by atoms with E-state index >= 15 is 0 Å². The number of thiophene rings is 1. The summed E-state index contributed by atoms with van der Waals surface area (Å²) >= 11 is 1.55. The number of hydrogen-bond donors (Lipinski definition) is 1. The average molecular weight is 258 g/mol. The molecule has 3 nitrogen and oxygen atoms in total. The Morgan fingerprint density at radius 2 is 2.11 bits per heavy atom. The van der Waals surface area contributed by atoms with Crippen LogP contribution in [0, 0.1) is 0 Å². The number of rotatable bonds is 2. The van der Waals surface area contributed by atoms with E-state index in [1.165, 1.54) is 23.3 Å². The number of hydrogen-bond acceptors (Lipinski definition) is 3. The maximum absolute atomic E-state index is 11.6. The van der Waals surface area contributed by atoms with Gasteiger partial charge in [-0.05, 0) is 43.4 Å². The van der Waals surface area contributed by atoms with Crippen LogP contribution in [-0.4, -0.2) is 10.9 Å². The van der Waals surface area contributed by atoms with Crippen LogP contribution in [0.5, 0.6) is 0 Å². The first-order valence-electron chi connectivity index (χ1n) is 6.13. The quantitative estimate of drug-likeness (QED) is 0.900. The molecule has 0 fully saturated rings. The van der Waals surface area contributed by atoms with Gasteiger partial charge in [0.2, 0.25) is 0 Å². The van der Waals surface area contributed by atoms with Crippen LogP contribution in [-0.2, 0) is 12.8 Å². The lowest BCUT2D eigenvalue weighted by Crippen LogP contribution is -2.10. The summed E-state index contributed by atoms with van der Waals surface area (Å²) in [6, 6.07) is 5.77. The molecule has 4 heteroatoms. The maximum Gasteiger partial charge on any atom is 0.259 e. The largest absolute Gasteiger partial charge is 0.365 e. The first-order chi connectivity index (χ1) is 8.77. The van der Waals surface area contributed by atoms with E-state index in [2.05, 4.69) is 4.98 Å². The average Bonchev–Trinajstić information content (AvgIpc) is 2.79. The minimum absolute atomic E-state index is 0.338. The second-order valence-electron chi connectivity index (χ2n) is 4.49. The fraction of sp³-hybridized carbons (Fsp3) is 0.286. The molecular weight excluding hydrogens is 244 g/mol. The van der Waals surface area contributed by atoms with Gasteiger partial charge in [-0.25, -0.2) is 0 Å². The molecule has 2 N–H and O–H groups in total. The Balaban J connectivity index is 2.23. The molecule has 1 aliphatic rings. The number of primary amides is 1. The van der Waals surface area contributed by atoms with E-state index in [9.17, 15) is 4.79 Å². The van der Waals surface area contributed by atoms with Crippen LogP contribution < -0.4 is 5.73 Å². The molecule has 0 saturated heterocycles. The van der Waals surface area contributed by atoms with Gasteiger partial charge in [0, 0.05) is 16.6 Å². The number of carbonyl (C=O) groups is 1. The lowest BCUT2D eigenvalue weighted by atomic mass is 9.93. The highest BCUT2D eigenvalue weighted by Crippen LogP contribution is 2.39. The van der Waals surface area contributed by atoms with Gasteiger partial charge in [0.15, 0.2) is 0 Å². The van der Waals surface area contributed by atoms with E-state index in [1.54, 1.807) is 17.5 Å². The normalized spacial score (nSPS) is 14.2. The minimum atomic E-state index is -0.338. The zero-order chi connectivity index (χ0) is 12.5. The monoisotopic (exact) mass is 258 g/mol. The van der Waals surface area contributed by atoms with Crippen LogP contribution >= 0.6 is 11.3 Å². The number of aromatic nitrogens is 1. The zero-order valence-electron chi connectivity index (χ0n) is 9.98. The number of nitrogens with zero attached hydrogens (tertiary/aromatic N) is 1. The number of fused-ring (bicyclic) bond motifs is 1. The molecule has 18 heavy (non-hydrogen) atoms. The predicted molar refractivity (Wildman–Crippen MR) is 72.7 cm³/mol. The standard InChI is InChI=1S/C14H14N2OS/c15-14(17)13-12(10-6-3-4-8-16-10)9-5-1-2-7-11(9)18-13/h3-4,6,8H,1-2,5,7H2,(H2,15,17). The second-order valence-corrected chi connectivity index (χ2v) is 5.60. The molecule has 0 aliphatic heterocycles. The van der Waals surface area contributed by atoms with Crippen LogP contribution in [0.4, 0.5) is 0 Å². The van der Waals surface area contributed by atoms with Crippen molar-refractivity contribution in [3.63, 3.8) is 0 Å². The molecule has 0 radical (unpaired) electrons. The highest BCUT2D eigenvalue weighted by atomic mass is 32.1. The third-order valence-electron chi connectivity index (χ3n) is 3.32. The molecule has 0 unspecified atom stereocenters. The molecule has 92 valence electrons. The molecule has 0 aromatic carbocycles. The molecule has 1 aliphatic carbocycles. The van der Waals surface area contributed by atoms with Crippen molar-refractivity contribution in [2.45, 2.75) is 25.7 Å². The van der Waals surface area contributed by atoms with Gasteiger partial charge in [-0.15, -0.1) is 11.3 Å². The SMILES string of the molecule is NC(=O)c1sc2c(c1-c1ccccn1)CCCC2. The molecule has 0 saturated carbocycles. The number of nitrogens with two attached hydrogens (primary N) is 1. The van der Waals surface area contributed by atoms with Gasteiger partial charge in [-0.1, -0.05) is 6.07 Å². The third-order valence-corrected chi connectivity index (χ3v) is 4.62. The van der Waals surface area contributed by atoms with Crippen molar-refractivity contribution in [2.75, 3.05) is 0 Å². The van der Waals surface area contributed by atoms with E-state index < -0.39 is 0 Å². The van der Waals surface area contributed by atoms with Gasteiger partial charge in [0.05, 0.1) is 5.69 Å². The van der Waals surface area contributed by atoms with Crippen molar-refractivity contribution in [3.8, 4) is 11.3 Å². The van der Waals surface area contributed by atoms with Gasteiger partial charge < -0.3 is 5.73 Å². The van der Waals surface area contributed by atoms with E-state index in [-0.39, 0.29) is 5.91 Å². The maximum atomic E-state index is 11.6. The summed E-state index contributed by atoms with van der Waals surface area (Å²) in [6.45, 7) is 0. The molecule has 2 aromatic rings. The molecule has 2 aromatic heterocycles. The fourth-order valence-electron chi connectivity index (χ4n) is 2.52. The predicted octanol–water partition coefficient (Wildman–Crippen LogP) is 2.79. The third kappa shape index (κ3) is 1.82. The lowest BCUT2D eigenvalue weighted by Gasteiger charge is -2.12. The summed E-state index contributed by atoms with van der Waals surface area (Å²) in [4.78, 5) is 18.0. The van der Waals surface area contributed by atoms with Crippen LogP contribution in [0.15, 0.2) is 24.4 Å². The van der Waals surface area contributed by atoms with Crippen molar-refractivity contribution in [1.29, 1.82) is 0 Å². The summed E-state index contributed by atoms with van der Waals surface area (Å²) in [5, 5.41) is 0.